The number of hydrogen-bond acceptors (Lipinski definition) is 7. The summed E-state index contributed by atoms with van der Waals surface area (Å²) in [6.07, 6.45) is 0.560. The number of halogens is 1. The molecule has 1 amide bonds. The number of aryl methyl sites for hydroxylation is 1. The van der Waals surface area contributed by atoms with Crippen molar-refractivity contribution in [2.75, 3.05) is 17.1 Å². The molecule has 2 N–H and O–H groups in total. The van der Waals surface area contributed by atoms with Gasteiger partial charge in [0.1, 0.15) is 16.4 Å². The fourth-order valence-electron chi connectivity index (χ4n) is 2.48. The van der Waals surface area contributed by atoms with E-state index in [1.54, 1.807) is 6.07 Å². The molecule has 1 aromatic heterocycles. The van der Waals surface area contributed by atoms with E-state index < -0.39 is 21.7 Å². The van der Waals surface area contributed by atoms with E-state index in [-0.39, 0.29) is 16.3 Å². The summed E-state index contributed by atoms with van der Waals surface area (Å²) in [4.78, 5) is 12.7. The van der Waals surface area contributed by atoms with E-state index in [0.717, 1.165) is 35.8 Å². The van der Waals surface area contributed by atoms with Gasteiger partial charge in [-0.3, -0.25) is 9.52 Å². The first-order chi connectivity index (χ1) is 13.8. The number of carbonyl (C=O) groups is 1. The molecule has 29 heavy (non-hydrogen) atoms. The minimum Gasteiger partial charge on any atom is -0.495 e. The molecule has 0 spiro atoms. The van der Waals surface area contributed by atoms with E-state index in [0.29, 0.717) is 22.7 Å². The van der Waals surface area contributed by atoms with Crippen LogP contribution in [0.3, 0.4) is 0 Å². The average Bonchev–Trinajstić information content (AvgIpc) is 3.17. The van der Waals surface area contributed by atoms with Gasteiger partial charge in [-0.25, -0.2) is 12.8 Å². The van der Waals surface area contributed by atoms with Crippen LogP contribution in [0.2, 0.25) is 0 Å². The number of methoxy groups -OCH3 is 1. The zero-order valence-corrected chi connectivity index (χ0v) is 17.1. The highest BCUT2D eigenvalue weighted by molar-refractivity contribution is 7.92. The van der Waals surface area contributed by atoms with Crippen LogP contribution in [0.1, 0.15) is 22.3 Å². The number of carbonyl (C=O) groups excluding carboxylic acids is 1. The number of sulfonamides is 1. The number of aromatic nitrogens is 2. The molecule has 0 radical (unpaired) electrons. The summed E-state index contributed by atoms with van der Waals surface area (Å²) in [5, 5.41) is 6.60. The molecule has 0 unspecified atom stereocenters. The monoisotopic (exact) mass is 436 g/mol. The van der Waals surface area contributed by atoms with Crippen LogP contribution >= 0.6 is 11.5 Å². The predicted octanol–water partition coefficient (Wildman–Crippen LogP) is 3.30. The fourth-order valence-corrected chi connectivity index (χ4v) is 4.19. The minimum absolute atomic E-state index is 0.112. The minimum atomic E-state index is -3.99. The molecule has 0 fully saturated rings. The van der Waals surface area contributed by atoms with Crippen LogP contribution < -0.4 is 14.8 Å². The van der Waals surface area contributed by atoms with Crippen molar-refractivity contribution in [3.05, 3.63) is 58.9 Å². The molecule has 152 valence electrons. The molecule has 3 aromatic rings. The lowest BCUT2D eigenvalue weighted by Crippen LogP contribution is -2.15. The molecule has 1 heterocycles. The van der Waals surface area contributed by atoms with E-state index in [2.05, 4.69) is 19.6 Å². The van der Waals surface area contributed by atoms with Gasteiger partial charge in [0.15, 0.2) is 0 Å². The maximum Gasteiger partial charge on any atom is 0.269 e. The molecule has 0 atom stereocenters. The lowest BCUT2D eigenvalue weighted by Gasteiger charge is -2.14. The predicted molar refractivity (Wildman–Crippen MR) is 107 cm³/mol. The number of ether oxygens (including phenoxy) is 1. The third-order valence-corrected chi connectivity index (χ3v) is 6.07. The highest BCUT2D eigenvalue weighted by atomic mass is 32.2. The normalized spacial score (nSPS) is 11.1. The summed E-state index contributed by atoms with van der Waals surface area (Å²) in [5.41, 5.74) is 1.05. The molecule has 0 aliphatic carbocycles. The first-order valence-electron chi connectivity index (χ1n) is 8.43. The second kappa shape index (κ2) is 8.53. The van der Waals surface area contributed by atoms with Crippen molar-refractivity contribution in [1.82, 2.24) is 9.59 Å². The summed E-state index contributed by atoms with van der Waals surface area (Å²) >= 11 is 0.982. The van der Waals surface area contributed by atoms with Crippen molar-refractivity contribution in [3.63, 3.8) is 0 Å². The van der Waals surface area contributed by atoms with Crippen LogP contribution in [0.25, 0.3) is 0 Å². The van der Waals surface area contributed by atoms with E-state index in [9.17, 15) is 17.6 Å². The molecule has 0 saturated heterocycles. The van der Waals surface area contributed by atoms with Crippen LogP contribution in [0.15, 0.2) is 47.4 Å². The van der Waals surface area contributed by atoms with Gasteiger partial charge >= 0.3 is 0 Å². The van der Waals surface area contributed by atoms with E-state index in [4.69, 9.17) is 4.74 Å². The van der Waals surface area contributed by atoms with Gasteiger partial charge in [-0.1, -0.05) is 11.4 Å². The maximum atomic E-state index is 13.1. The van der Waals surface area contributed by atoms with Gasteiger partial charge in [0, 0.05) is 5.69 Å². The number of benzene rings is 2. The SMILES string of the molecule is CCc1nnsc1C(=O)Nc1ccc(OC)c(NS(=O)(=O)c2ccc(F)cc2)c1. The molecule has 0 bridgehead atoms. The van der Waals surface area contributed by atoms with Gasteiger partial charge in [0.05, 0.1) is 23.4 Å². The molecule has 0 aliphatic rings. The van der Waals surface area contributed by atoms with Gasteiger partial charge in [-0.15, -0.1) is 5.10 Å². The molecule has 0 saturated carbocycles. The molecule has 0 aliphatic heterocycles. The summed E-state index contributed by atoms with van der Waals surface area (Å²) in [5.74, 6) is -0.688. The Kier molecular flexibility index (Phi) is 6.09. The van der Waals surface area contributed by atoms with Crippen LogP contribution in [0.5, 0.6) is 5.75 Å². The van der Waals surface area contributed by atoms with Gasteiger partial charge in [0.2, 0.25) is 0 Å². The molecule has 11 heteroatoms. The quantitative estimate of drug-likeness (QED) is 0.588. The smallest absolute Gasteiger partial charge is 0.269 e. The van der Waals surface area contributed by atoms with Crippen LogP contribution in [0, 0.1) is 5.82 Å². The van der Waals surface area contributed by atoms with Crippen molar-refractivity contribution in [2.45, 2.75) is 18.2 Å². The van der Waals surface area contributed by atoms with Crippen LogP contribution in [-0.4, -0.2) is 31.0 Å². The lowest BCUT2D eigenvalue weighted by molar-refractivity contribution is 0.102. The Morgan fingerprint density at radius 3 is 2.59 bits per heavy atom. The number of rotatable bonds is 7. The standard InChI is InChI=1S/C18H17FN4O4S2/c1-3-14-17(28-23-21-14)18(24)20-12-6-9-16(27-2)15(10-12)22-29(25,26)13-7-4-11(19)5-8-13/h4-10,22H,3H2,1-2H3,(H,20,24). The fraction of sp³-hybridized carbons (Fsp3) is 0.167. The number of nitrogens with zero attached hydrogens (tertiary/aromatic N) is 2. The summed E-state index contributed by atoms with van der Waals surface area (Å²) < 4.78 is 49.6. The van der Waals surface area contributed by atoms with Crippen LogP contribution in [-0.2, 0) is 16.4 Å². The third-order valence-electron chi connectivity index (χ3n) is 3.92. The van der Waals surface area contributed by atoms with Crippen LogP contribution in [0.4, 0.5) is 15.8 Å². The molecular formula is C18H17FN4O4S2. The van der Waals surface area contributed by atoms with Crippen molar-refractivity contribution in [2.24, 2.45) is 0 Å². The Labute approximate surface area is 170 Å². The zero-order chi connectivity index (χ0) is 21.0. The highest BCUT2D eigenvalue weighted by Gasteiger charge is 2.19. The van der Waals surface area contributed by atoms with Crippen molar-refractivity contribution in [1.29, 1.82) is 0 Å². The first kappa shape index (κ1) is 20.7. The van der Waals surface area contributed by atoms with Gasteiger partial charge < -0.3 is 10.1 Å². The second-order valence-electron chi connectivity index (χ2n) is 5.83. The van der Waals surface area contributed by atoms with E-state index in [1.165, 1.54) is 19.2 Å². The second-order valence-corrected chi connectivity index (χ2v) is 8.27. The van der Waals surface area contributed by atoms with E-state index >= 15 is 0 Å². The maximum absolute atomic E-state index is 13.1. The third kappa shape index (κ3) is 4.69. The van der Waals surface area contributed by atoms with Gasteiger partial charge in [-0.05, 0) is 60.4 Å². The Bertz CT molecular complexity index is 1130. The van der Waals surface area contributed by atoms with Crippen molar-refractivity contribution in [3.8, 4) is 5.75 Å². The molecule has 2 aromatic carbocycles. The lowest BCUT2D eigenvalue weighted by atomic mass is 10.2. The van der Waals surface area contributed by atoms with Crippen molar-refractivity contribution >= 4 is 38.8 Å². The number of anilines is 2. The molecule has 3 rings (SSSR count). The largest absolute Gasteiger partial charge is 0.495 e. The van der Waals surface area contributed by atoms with Crippen molar-refractivity contribution < 1.29 is 22.3 Å². The number of nitrogens with one attached hydrogen (secondary N) is 2. The Morgan fingerprint density at radius 1 is 1.21 bits per heavy atom. The molecular weight excluding hydrogens is 419 g/mol. The Balaban J connectivity index is 1.87. The zero-order valence-electron chi connectivity index (χ0n) is 15.5. The molecule has 8 nitrogen and oxygen atoms in total. The van der Waals surface area contributed by atoms with Gasteiger partial charge in [0.25, 0.3) is 15.9 Å². The summed E-state index contributed by atoms with van der Waals surface area (Å²) in [6, 6.07) is 8.93. The average molecular weight is 436 g/mol. The Morgan fingerprint density at radius 2 is 1.93 bits per heavy atom. The van der Waals surface area contributed by atoms with Gasteiger partial charge in [-0.2, -0.15) is 0 Å². The van der Waals surface area contributed by atoms with E-state index in [1.807, 2.05) is 6.92 Å². The number of amides is 1. The summed E-state index contributed by atoms with van der Waals surface area (Å²) in [7, 11) is -2.60. The number of hydrogen-bond donors (Lipinski definition) is 2. The topological polar surface area (TPSA) is 110 Å². The first-order valence-corrected chi connectivity index (χ1v) is 10.7. The highest BCUT2D eigenvalue weighted by Crippen LogP contribution is 2.30. The summed E-state index contributed by atoms with van der Waals surface area (Å²) in [6.45, 7) is 1.86. The Hall–Kier alpha value is -3.05.